The summed E-state index contributed by atoms with van der Waals surface area (Å²) in [5, 5.41) is 5.91. The third-order valence-corrected chi connectivity index (χ3v) is 9.94. The van der Waals surface area contributed by atoms with E-state index in [-0.39, 0.29) is 35.3 Å². The zero-order chi connectivity index (χ0) is 33.1. The van der Waals surface area contributed by atoms with Crippen LogP contribution in [0.2, 0.25) is 0 Å². The smallest absolute Gasteiger partial charge is 0.334 e. The molecule has 2 saturated heterocycles. The molecule has 12 heteroatoms. The average Bonchev–Trinajstić information content (AvgIpc) is 3.60. The summed E-state index contributed by atoms with van der Waals surface area (Å²) in [5.74, 6) is -1.50. The first kappa shape index (κ1) is 33.2. The van der Waals surface area contributed by atoms with Gasteiger partial charge in [0.15, 0.2) is 11.9 Å². The van der Waals surface area contributed by atoms with Crippen LogP contribution in [0.25, 0.3) is 11.6 Å². The Balaban J connectivity index is 1.25. The topological polar surface area (TPSA) is 141 Å². The Morgan fingerprint density at radius 1 is 1.15 bits per heavy atom. The van der Waals surface area contributed by atoms with Crippen LogP contribution in [0.5, 0.6) is 0 Å². The average molecular weight is 648 g/mol. The van der Waals surface area contributed by atoms with Gasteiger partial charge >= 0.3 is 5.97 Å². The third kappa shape index (κ3) is 6.97. The predicted molar refractivity (Wildman–Crippen MR) is 178 cm³/mol. The van der Waals surface area contributed by atoms with Gasteiger partial charge < -0.3 is 25.3 Å². The van der Waals surface area contributed by atoms with Gasteiger partial charge in [-0.15, -0.1) is 0 Å². The van der Waals surface area contributed by atoms with Gasteiger partial charge in [-0.3, -0.25) is 24.1 Å². The highest BCUT2D eigenvalue weighted by atomic mass is 32.2. The molecule has 5 rings (SSSR count). The predicted octanol–water partition coefficient (Wildman–Crippen LogP) is 4.17. The van der Waals surface area contributed by atoms with E-state index in [2.05, 4.69) is 20.5 Å². The molecule has 1 aromatic carbocycles. The number of carbonyl (C=O) groups excluding carboxylic acids is 5. The number of nitrogens with zero attached hydrogens (tertiary/aromatic N) is 2. The normalized spacial score (nSPS) is 20.6. The molecule has 4 heterocycles. The molecule has 244 valence electrons. The standard InChI is InChI=1S/C34H41N5O6S/c1-6-12-35-32(43)30-19(2)26(36-20(30)3)17-24-23-15-22(10-11-25(23)37-31(24)42)16-27(40)21(4)45-29(41)18-28-38(5)33(44)34(46-28)39-13-8-7-9-14-39/h10-11,15,17-18,21,34,36H,6-9,12-14,16H2,1-5H3,(H,35,43)(H,37,42)/b24-17-,28-18+. The van der Waals surface area contributed by atoms with Crippen molar-refractivity contribution in [3.63, 3.8) is 0 Å². The summed E-state index contributed by atoms with van der Waals surface area (Å²) in [7, 11) is 1.64. The molecule has 2 fully saturated rings. The third-order valence-electron chi connectivity index (χ3n) is 8.59. The van der Waals surface area contributed by atoms with Gasteiger partial charge in [0.05, 0.1) is 22.2 Å². The van der Waals surface area contributed by atoms with Crippen LogP contribution >= 0.6 is 11.8 Å². The molecule has 0 aliphatic carbocycles. The maximum absolute atomic E-state index is 13.1. The number of Topliss-reactive ketones (excluding diaryl/α,β-unsaturated/α-hetero) is 1. The van der Waals surface area contributed by atoms with Crippen molar-refractivity contribution in [2.45, 2.75) is 71.3 Å². The number of likely N-dealkylation sites (tertiary alicyclic amines) is 1. The van der Waals surface area contributed by atoms with E-state index in [0.29, 0.717) is 50.9 Å². The van der Waals surface area contributed by atoms with Crippen LogP contribution in [-0.4, -0.2) is 82.4 Å². The van der Waals surface area contributed by atoms with Crippen LogP contribution < -0.4 is 10.6 Å². The van der Waals surface area contributed by atoms with Gasteiger partial charge in [0.25, 0.3) is 17.7 Å². The van der Waals surface area contributed by atoms with Crippen molar-refractivity contribution in [1.29, 1.82) is 0 Å². The quantitative estimate of drug-likeness (QED) is 0.258. The summed E-state index contributed by atoms with van der Waals surface area (Å²) < 4.78 is 5.45. The molecule has 0 bridgehead atoms. The summed E-state index contributed by atoms with van der Waals surface area (Å²) >= 11 is 1.34. The van der Waals surface area contributed by atoms with Crippen molar-refractivity contribution in [3.05, 3.63) is 62.9 Å². The highest BCUT2D eigenvalue weighted by Gasteiger charge is 2.39. The van der Waals surface area contributed by atoms with Gasteiger partial charge in [0, 0.05) is 42.7 Å². The maximum Gasteiger partial charge on any atom is 0.334 e. The van der Waals surface area contributed by atoms with E-state index in [1.54, 1.807) is 31.3 Å². The van der Waals surface area contributed by atoms with Crippen LogP contribution in [-0.2, 0) is 30.3 Å². The van der Waals surface area contributed by atoms with Crippen molar-refractivity contribution >= 4 is 58.6 Å². The van der Waals surface area contributed by atoms with E-state index in [1.807, 2.05) is 20.8 Å². The molecule has 3 N–H and O–H groups in total. The fourth-order valence-corrected chi connectivity index (χ4v) is 7.23. The molecule has 2 aromatic rings. The minimum absolute atomic E-state index is 0.00761. The minimum atomic E-state index is -1.01. The molecule has 3 aliphatic rings. The monoisotopic (exact) mass is 647 g/mol. The molecule has 0 spiro atoms. The van der Waals surface area contributed by atoms with E-state index >= 15 is 0 Å². The number of fused-ring (bicyclic) bond motifs is 1. The number of anilines is 1. The number of piperidine rings is 1. The van der Waals surface area contributed by atoms with Gasteiger partial charge in [0.1, 0.15) is 5.37 Å². The van der Waals surface area contributed by atoms with E-state index in [0.717, 1.165) is 44.3 Å². The number of hydrogen-bond donors (Lipinski definition) is 3. The number of benzene rings is 1. The molecule has 3 aliphatic heterocycles. The number of H-pyrrole nitrogens is 1. The highest BCUT2D eigenvalue weighted by Crippen LogP contribution is 2.37. The lowest BCUT2D eigenvalue weighted by atomic mass is 9.99. The molecule has 2 atom stereocenters. The van der Waals surface area contributed by atoms with Crippen molar-refractivity contribution in [3.8, 4) is 0 Å². The fraction of sp³-hybridized carbons (Fsp3) is 0.441. The summed E-state index contributed by atoms with van der Waals surface area (Å²) in [4.78, 5) is 71.2. The molecular weight excluding hydrogens is 606 g/mol. The Hall–Kier alpha value is -4.16. The summed E-state index contributed by atoms with van der Waals surface area (Å²) in [6.07, 6.45) is 6.07. The number of rotatable bonds is 10. The Morgan fingerprint density at radius 3 is 2.61 bits per heavy atom. The number of thioether (sulfide) groups is 1. The number of hydrogen-bond acceptors (Lipinski definition) is 8. The molecular formula is C34H41N5O6S. The lowest BCUT2D eigenvalue weighted by Gasteiger charge is -2.29. The van der Waals surface area contributed by atoms with Gasteiger partial charge in [-0.2, -0.15) is 0 Å². The Morgan fingerprint density at radius 2 is 1.89 bits per heavy atom. The second-order valence-electron chi connectivity index (χ2n) is 12.0. The zero-order valence-corrected chi connectivity index (χ0v) is 27.8. The minimum Gasteiger partial charge on any atom is -0.451 e. The second kappa shape index (κ2) is 14.1. The number of ketones is 1. The number of aromatic amines is 1. The number of nitrogens with one attached hydrogen (secondary N) is 3. The van der Waals surface area contributed by atoms with Gasteiger partial charge in [-0.25, -0.2) is 4.79 Å². The first-order valence-corrected chi connectivity index (χ1v) is 16.6. The SMILES string of the molecule is CCCNC(=O)c1c(C)[nH]c(/C=C2\C(=O)Nc3ccc(CC(=O)C(C)OC(=O)/C=C4/SC(N5CCCCC5)C(=O)N4C)cc32)c1C. The maximum atomic E-state index is 13.1. The lowest BCUT2D eigenvalue weighted by Crippen LogP contribution is -2.42. The Kier molecular flexibility index (Phi) is 10.2. The van der Waals surface area contributed by atoms with Crippen molar-refractivity contribution < 1.29 is 28.7 Å². The number of aryl methyl sites for hydroxylation is 1. The molecule has 0 saturated carbocycles. The summed E-state index contributed by atoms with van der Waals surface area (Å²) in [6.45, 7) is 9.46. The van der Waals surface area contributed by atoms with Crippen LogP contribution in [0.1, 0.15) is 78.0 Å². The molecule has 1 aromatic heterocycles. The summed E-state index contributed by atoms with van der Waals surface area (Å²) in [6, 6.07) is 5.29. The summed E-state index contributed by atoms with van der Waals surface area (Å²) in [5.41, 5.74) is 5.00. The largest absolute Gasteiger partial charge is 0.451 e. The molecule has 46 heavy (non-hydrogen) atoms. The van der Waals surface area contributed by atoms with Crippen molar-refractivity contribution in [1.82, 2.24) is 20.1 Å². The number of likely N-dealkylation sites (N-methyl/N-ethyl adjacent to an activating group) is 1. The number of esters is 1. The van der Waals surface area contributed by atoms with E-state index < -0.39 is 12.1 Å². The van der Waals surface area contributed by atoms with Gasteiger partial charge in [0.2, 0.25) is 0 Å². The zero-order valence-electron chi connectivity index (χ0n) is 27.0. The van der Waals surface area contributed by atoms with E-state index in [1.165, 1.54) is 29.7 Å². The number of aromatic nitrogens is 1. The van der Waals surface area contributed by atoms with Crippen LogP contribution in [0.15, 0.2) is 29.3 Å². The van der Waals surface area contributed by atoms with E-state index in [9.17, 15) is 24.0 Å². The lowest BCUT2D eigenvalue weighted by molar-refractivity contribution is -0.149. The first-order chi connectivity index (χ1) is 22.0. The molecule has 0 radical (unpaired) electrons. The van der Waals surface area contributed by atoms with Crippen LogP contribution in [0.3, 0.4) is 0 Å². The number of amides is 3. The fourth-order valence-electron chi connectivity index (χ4n) is 5.97. The molecule has 3 amide bonds. The second-order valence-corrected chi connectivity index (χ2v) is 13.1. The van der Waals surface area contributed by atoms with Crippen LogP contribution in [0.4, 0.5) is 5.69 Å². The molecule has 11 nitrogen and oxygen atoms in total. The molecule has 2 unspecified atom stereocenters. The van der Waals surface area contributed by atoms with Crippen molar-refractivity contribution in [2.75, 3.05) is 32.0 Å². The Labute approximate surface area is 273 Å². The number of carbonyl (C=O) groups is 5. The van der Waals surface area contributed by atoms with Gasteiger partial charge in [-0.05, 0) is 82.5 Å². The first-order valence-electron chi connectivity index (χ1n) is 15.8. The number of ether oxygens (including phenoxy) is 1. The van der Waals surface area contributed by atoms with Gasteiger partial charge in [-0.1, -0.05) is 31.2 Å². The highest BCUT2D eigenvalue weighted by molar-refractivity contribution is 8.04. The Bertz CT molecular complexity index is 1640. The van der Waals surface area contributed by atoms with Crippen LogP contribution in [0, 0.1) is 13.8 Å². The van der Waals surface area contributed by atoms with Crippen molar-refractivity contribution in [2.24, 2.45) is 0 Å². The van der Waals surface area contributed by atoms with E-state index in [4.69, 9.17) is 4.74 Å².